The largest absolute Gasteiger partial charge is 0.378 e. The molecule has 8 heteroatoms. The van der Waals surface area contributed by atoms with Crippen molar-refractivity contribution in [1.29, 1.82) is 0 Å². The second kappa shape index (κ2) is 7.99. The number of ether oxygens (including phenoxy) is 1. The molecule has 2 aromatic heterocycles. The monoisotopic (exact) mass is 481 g/mol. The van der Waals surface area contributed by atoms with Gasteiger partial charge in [0.05, 0.1) is 29.8 Å². The fraction of sp³-hybridized carbons (Fsp3) is 0.250. The average Bonchev–Trinajstić information content (AvgIpc) is 3.46. The van der Waals surface area contributed by atoms with Gasteiger partial charge in [0.25, 0.3) is 0 Å². The van der Waals surface area contributed by atoms with Gasteiger partial charge in [-0.05, 0) is 65.6 Å². The lowest BCUT2D eigenvalue weighted by Gasteiger charge is -2.27. The van der Waals surface area contributed by atoms with Gasteiger partial charge in [-0.1, -0.05) is 18.2 Å². The van der Waals surface area contributed by atoms with E-state index >= 15 is 0 Å². The third-order valence-electron chi connectivity index (χ3n) is 7.63. The van der Waals surface area contributed by atoms with Gasteiger partial charge in [-0.25, -0.2) is 9.37 Å². The Hall–Kier alpha value is -4.04. The van der Waals surface area contributed by atoms with Gasteiger partial charge in [0.1, 0.15) is 11.6 Å². The molecule has 2 unspecified atom stereocenters. The van der Waals surface area contributed by atoms with Crippen molar-refractivity contribution in [2.75, 3.05) is 36.5 Å². The Bertz CT molecular complexity index is 1520. The van der Waals surface area contributed by atoms with Gasteiger partial charge in [0.2, 0.25) is 5.91 Å². The van der Waals surface area contributed by atoms with Crippen molar-refractivity contribution in [3.8, 4) is 0 Å². The smallest absolute Gasteiger partial charge is 0.235 e. The molecule has 1 saturated carbocycles. The van der Waals surface area contributed by atoms with Crippen LogP contribution in [-0.4, -0.2) is 47.4 Å². The van der Waals surface area contributed by atoms with Gasteiger partial charge in [0, 0.05) is 36.3 Å². The maximum Gasteiger partial charge on any atom is 0.235 e. The maximum absolute atomic E-state index is 13.9. The van der Waals surface area contributed by atoms with E-state index in [1.165, 1.54) is 12.1 Å². The number of carbonyl (C=O) groups is 1. The van der Waals surface area contributed by atoms with Crippen molar-refractivity contribution >= 4 is 40.5 Å². The minimum absolute atomic E-state index is 0.0169. The maximum atomic E-state index is 13.9. The summed E-state index contributed by atoms with van der Waals surface area (Å²) in [4.78, 5) is 19.7. The molecule has 2 atom stereocenters. The zero-order valence-electron chi connectivity index (χ0n) is 19.5. The highest BCUT2D eigenvalue weighted by atomic mass is 19.1. The molecule has 180 valence electrons. The van der Waals surface area contributed by atoms with Crippen LogP contribution in [0.1, 0.15) is 34.7 Å². The van der Waals surface area contributed by atoms with E-state index < -0.39 is 5.41 Å². The molecule has 2 aliphatic heterocycles. The SMILES string of the molecule is O=C1Nc2ccc(F)cc2C12CC2c1ccc2c(/C=C/c3ccc(N4CCOCC4)nc3)n[nH]c2c1. The molecule has 0 radical (unpaired) electrons. The average molecular weight is 482 g/mol. The van der Waals surface area contributed by atoms with Crippen LogP contribution in [0.25, 0.3) is 23.1 Å². The Morgan fingerprint density at radius 1 is 1.08 bits per heavy atom. The molecule has 2 N–H and O–H groups in total. The highest BCUT2D eigenvalue weighted by molar-refractivity contribution is 6.10. The highest BCUT2D eigenvalue weighted by Gasteiger charge is 2.65. The van der Waals surface area contributed by atoms with Crippen LogP contribution in [0.4, 0.5) is 15.9 Å². The van der Waals surface area contributed by atoms with Gasteiger partial charge in [-0.15, -0.1) is 0 Å². The summed E-state index contributed by atoms with van der Waals surface area (Å²) in [6, 6.07) is 14.8. The van der Waals surface area contributed by atoms with Crippen molar-refractivity contribution in [3.05, 3.63) is 82.9 Å². The van der Waals surface area contributed by atoms with E-state index in [4.69, 9.17) is 4.74 Å². The Balaban J connectivity index is 1.11. The Labute approximate surface area is 207 Å². The lowest BCUT2D eigenvalue weighted by atomic mass is 9.91. The number of pyridine rings is 1. The van der Waals surface area contributed by atoms with E-state index in [2.05, 4.69) is 43.6 Å². The molecular formula is C28H24FN5O2. The number of carbonyl (C=O) groups excluding carboxylic acids is 1. The molecule has 1 aliphatic carbocycles. The minimum Gasteiger partial charge on any atom is -0.378 e. The van der Waals surface area contributed by atoms with Crippen LogP contribution in [0.5, 0.6) is 0 Å². The topological polar surface area (TPSA) is 83.1 Å². The van der Waals surface area contributed by atoms with Crippen LogP contribution in [0.3, 0.4) is 0 Å². The summed E-state index contributed by atoms with van der Waals surface area (Å²) in [6.45, 7) is 3.19. The first-order valence-electron chi connectivity index (χ1n) is 12.2. The molecule has 4 aromatic rings. The third kappa shape index (κ3) is 3.32. The second-order valence-corrected chi connectivity index (χ2v) is 9.67. The highest BCUT2D eigenvalue weighted by Crippen LogP contribution is 2.65. The molecular weight excluding hydrogens is 457 g/mol. The standard InChI is InChI=1S/C28H24FN5O2/c29-19-4-7-24-21(14-19)28(27(35)31-24)15-22(28)18-3-5-20-23(32-33-25(20)13-18)6-1-17-2-8-26(30-16-17)34-9-11-36-12-10-34/h1-8,13-14,16,22H,9-12,15H2,(H,31,35)(H,32,33)/b6-1+. The van der Waals surface area contributed by atoms with Crippen LogP contribution in [-0.2, 0) is 14.9 Å². The molecule has 2 fully saturated rings. The number of hydrogen-bond acceptors (Lipinski definition) is 5. The van der Waals surface area contributed by atoms with Crippen molar-refractivity contribution in [3.63, 3.8) is 0 Å². The third-order valence-corrected chi connectivity index (χ3v) is 7.63. The number of amides is 1. The number of nitrogens with zero attached hydrogens (tertiary/aromatic N) is 3. The first-order chi connectivity index (χ1) is 17.6. The van der Waals surface area contributed by atoms with Crippen LogP contribution >= 0.6 is 0 Å². The predicted molar refractivity (Wildman–Crippen MR) is 136 cm³/mol. The summed E-state index contributed by atoms with van der Waals surface area (Å²) in [5.74, 6) is 0.618. The Morgan fingerprint density at radius 2 is 1.97 bits per heavy atom. The van der Waals surface area contributed by atoms with Crippen molar-refractivity contribution < 1.29 is 13.9 Å². The molecule has 36 heavy (non-hydrogen) atoms. The summed E-state index contributed by atoms with van der Waals surface area (Å²) < 4.78 is 19.3. The number of rotatable bonds is 4. The lowest BCUT2D eigenvalue weighted by Crippen LogP contribution is -2.36. The number of fused-ring (bicyclic) bond motifs is 3. The lowest BCUT2D eigenvalue weighted by molar-refractivity contribution is -0.118. The number of H-pyrrole nitrogens is 1. The Kier molecular flexibility index (Phi) is 4.72. The van der Waals surface area contributed by atoms with Crippen molar-refractivity contribution in [2.24, 2.45) is 0 Å². The predicted octanol–water partition coefficient (Wildman–Crippen LogP) is 4.48. The molecule has 7 rings (SSSR count). The van der Waals surface area contributed by atoms with E-state index in [1.807, 2.05) is 30.5 Å². The van der Waals surface area contributed by atoms with Crippen molar-refractivity contribution in [2.45, 2.75) is 17.8 Å². The minimum atomic E-state index is -0.672. The van der Waals surface area contributed by atoms with E-state index in [0.29, 0.717) is 12.1 Å². The molecule has 1 spiro atoms. The van der Waals surface area contributed by atoms with Gasteiger partial charge in [-0.2, -0.15) is 5.10 Å². The zero-order valence-corrected chi connectivity index (χ0v) is 19.5. The number of aromatic nitrogens is 3. The first-order valence-corrected chi connectivity index (χ1v) is 12.2. The van der Waals surface area contributed by atoms with E-state index in [9.17, 15) is 9.18 Å². The van der Waals surface area contributed by atoms with Gasteiger partial charge in [-0.3, -0.25) is 9.89 Å². The summed E-state index contributed by atoms with van der Waals surface area (Å²) in [7, 11) is 0. The zero-order chi connectivity index (χ0) is 24.3. The number of benzene rings is 2. The van der Waals surface area contributed by atoms with E-state index in [1.54, 1.807) is 6.07 Å². The molecule has 1 amide bonds. The summed E-state index contributed by atoms with van der Waals surface area (Å²) in [6.07, 6.45) is 6.53. The van der Waals surface area contributed by atoms with Crippen LogP contribution in [0.15, 0.2) is 54.7 Å². The summed E-state index contributed by atoms with van der Waals surface area (Å²) in [5.41, 5.74) is 4.60. The van der Waals surface area contributed by atoms with Crippen LogP contribution < -0.4 is 10.2 Å². The quantitative estimate of drug-likeness (QED) is 0.449. The number of morpholine rings is 1. The van der Waals surface area contributed by atoms with Crippen LogP contribution in [0.2, 0.25) is 0 Å². The summed E-state index contributed by atoms with van der Waals surface area (Å²) in [5, 5.41) is 11.5. The molecule has 1 saturated heterocycles. The van der Waals surface area contributed by atoms with Gasteiger partial charge >= 0.3 is 0 Å². The molecule has 0 bridgehead atoms. The number of anilines is 2. The fourth-order valence-electron chi connectivity index (χ4n) is 5.62. The first kappa shape index (κ1) is 21.3. The molecule has 2 aromatic carbocycles. The number of aromatic amines is 1. The number of halogens is 1. The molecule has 4 heterocycles. The van der Waals surface area contributed by atoms with E-state index in [-0.39, 0.29) is 17.6 Å². The molecule has 3 aliphatic rings. The van der Waals surface area contributed by atoms with Crippen molar-refractivity contribution in [1.82, 2.24) is 15.2 Å². The molecule has 7 nitrogen and oxygen atoms in total. The number of nitrogens with one attached hydrogen (secondary N) is 2. The van der Waals surface area contributed by atoms with Crippen LogP contribution in [0, 0.1) is 5.82 Å². The second-order valence-electron chi connectivity index (χ2n) is 9.67. The van der Waals surface area contributed by atoms with Gasteiger partial charge < -0.3 is 15.0 Å². The fourth-order valence-corrected chi connectivity index (χ4v) is 5.62. The Morgan fingerprint density at radius 3 is 2.81 bits per heavy atom. The van der Waals surface area contributed by atoms with Gasteiger partial charge in [0.15, 0.2) is 0 Å². The summed E-state index contributed by atoms with van der Waals surface area (Å²) >= 11 is 0. The normalized spacial score (nSPS) is 23.0. The van der Waals surface area contributed by atoms with E-state index in [0.717, 1.165) is 65.4 Å². The number of hydrogen-bond donors (Lipinski definition) is 2.